The molecule has 3 aromatic rings. The van der Waals surface area contributed by atoms with Crippen molar-refractivity contribution in [1.29, 1.82) is 0 Å². The van der Waals surface area contributed by atoms with Crippen LogP contribution >= 0.6 is 0 Å². The Morgan fingerprint density at radius 3 is 2.27 bits per heavy atom. The molecule has 1 amide bonds. The summed E-state index contributed by atoms with van der Waals surface area (Å²) in [6, 6.07) is 9.16. The molecule has 0 bridgehead atoms. The van der Waals surface area contributed by atoms with E-state index in [2.05, 4.69) is 9.97 Å². The van der Waals surface area contributed by atoms with Crippen molar-refractivity contribution in [2.24, 2.45) is 0 Å². The zero-order chi connectivity index (χ0) is 27.9. The monoisotopic (exact) mass is 531 g/mol. The van der Waals surface area contributed by atoms with Gasteiger partial charge in [-0.05, 0) is 61.2 Å². The first-order valence-electron chi connectivity index (χ1n) is 11.9. The summed E-state index contributed by atoms with van der Waals surface area (Å²) in [5.74, 6) is 0.998. The number of aromatic nitrogens is 2. The van der Waals surface area contributed by atoms with Crippen molar-refractivity contribution >= 4 is 38.7 Å². The van der Waals surface area contributed by atoms with Crippen molar-refractivity contribution in [1.82, 2.24) is 19.2 Å². The zero-order valence-electron chi connectivity index (χ0n) is 22.6. The number of hydrogen-bond acceptors (Lipinski definition) is 7. The summed E-state index contributed by atoms with van der Waals surface area (Å²) in [6.07, 6.45) is 1.10. The van der Waals surface area contributed by atoms with E-state index >= 15 is 0 Å². The Hall–Kier alpha value is -3.44. The van der Waals surface area contributed by atoms with Gasteiger partial charge in [-0.15, -0.1) is 0 Å². The summed E-state index contributed by atoms with van der Waals surface area (Å²) in [6.45, 7) is 7.39. The van der Waals surface area contributed by atoms with Gasteiger partial charge in [0.05, 0.1) is 29.6 Å². The van der Waals surface area contributed by atoms with E-state index in [1.165, 1.54) is 14.2 Å². The lowest BCUT2D eigenvalue weighted by atomic mass is 10.1. The van der Waals surface area contributed by atoms with Gasteiger partial charge < -0.3 is 20.4 Å². The zero-order valence-corrected chi connectivity index (χ0v) is 23.4. The highest BCUT2D eigenvalue weighted by Gasteiger charge is 2.26. The average Bonchev–Trinajstić information content (AvgIpc) is 3.18. The van der Waals surface area contributed by atoms with E-state index in [1.807, 2.05) is 25.1 Å². The number of sulfonamides is 1. The van der Waals surface area contributed by atoms with Gasteiger partial charge >= 0.3 is 0 Å². The van der Waals surface area contributed by atoms with Gasteiger partial charge in [0.1, 0.15) is 11.5 Å². The maximum absolute atomic E-state index is 12.6. The van der Waals surface area contributed by atoms with Gasteiger partial charge in [0, 0.05) is 34.0 Å². The molecule has 0 saturated carbocycles. The number of nitrogens with zero attached hydrogens (tertiary/aromatic N) is 3. The van der Waals surface area contributed by atoms with Crippen LogP contribution in [0.25, 0.3) is 11.0 Å². The van der Waals surface area contributed by atoms with Crippen LogP contribution < -0.4 is 10.5 Å². The van der Waals surface area contributed by atoms with E-state index in [0.29, 0.717) is 42.2 Å². The molecular weight excluding hydrogens is 494 g/mol. The van der Waals surface area contributed by atoms with Crippen molar-refractivity contribution in [3.05, 3.63) is 47.0 Å². The van der Waals surface area contributed by atoms with Crippen LogP contribution in [0.3, 0.4) is 0 Å². The number of benzene rings is 2. The van der Waals surface area contributed by atoms with Crippen LogP contribution in [0, 0.1) is 13.8 Å². The number of aromatic amines is 1. The summed E-state index contributed by atoms with van der Waals surface area (Å²) in [5, 5.41) is 0. The van der Waals surface area contributed by atoms with Gasteiger partial charge in [-0.3, -0.25) is 9.59 Å². The van der Waals surface area contributed by atoms with Crippen LogP contribution in [0.5, 0.6) is 5.75 Å². The third-order valence-electron chi connectivity index (χ3n) is 5.79. The fourth-order valence-corrected chi connectivity index (χ4v) is 5.40. The number of carbonyl (C=O) groups is 2. The number of carbonyl (C=O) groups excluding carboxylic acids is 2. The number of ketones is 1. The van der Waals surface area contributed by atoms with Crippen LogP contribution in [0.4, 0.5) is 5.95 Å². The fraction of sp³-hybridized carbons (Fsp3) is 0.423. The summed E-state index contributed by atoms with van der Waals surface area (Å²) in [7, 11) is 1.07. The van der Waals surface area contributed by atoms with Gasteiger partial charge in [0.15, 0.2) is 5.95 Å². The number of rotatable bonds is 9. The molecule has 2 aromatic carbocycles. The fourth-order valence-electron chi connectivity index (χ4n) is 3.84. The Labute approximate surface area is 218 Å². The summed E-state index contributed by atoms with van der Waals surface area (Å²) >= 11 is 0. The second kappa shape index (κ2) is 12.7. The summed E-state index contributed by atoms with van der Waals surface area (Å²) in [5.41, 5.74) is 9.57. The second-order valence-corrected chi connectivity index (χ2v) is 11.0. The molecule has 11 heteroatoms. The molecule has 10 nitrogen and oxygen atoms in total. The number of aryl methyl sites for hydroxylation is 2. The molecular formula is C26H37N5O5S. The summed E-state index contributed by atoms with van der Waals surface area (Å²) < 4.78 is 31.5. The molecule has 0 atom stereocenters. The van der Waals surface area contributed by atoms with Crippen molar-refractivity contribution in [3.8, 4) is 5.75 Å². The van der Waals surface area contributed by atoms with Crippen LogP contribution in [0.15, 0.2) is 35.2 Å². The van der Waals surface area contributed by atoms with E-state index < -0.39 is 10.0 Å². The number of anilines is 1. The maximum Gasteiger partial charge on any atom is 0.243 e. The first-order chi connectivity index (χ1) is 17.3. The molecule has 0 unspecified atom stereocenters. The molecule has 0 saturated heterocycles. The molecule has 0 aliphatic heterocycles. The third-order valence-corrected chi connectivity index (χ3v) is 7.90. The van der Waals surface area contributed by atoms with Crippen LogP contribution in [0.2, 0.25) is 0 Å². The van der Waals surface area contributed by atoms with E-state index in [4.69, 9.17) is 10.5 Å². The average molecular weight is 532 g/mol. The van der Waals surface area contributed by atoms with Gasteiger partial charge in [0.25, 0.3) is 0 Å². The third kappa shape index (κ3) is 7.77. The number of likely N-dealkylation sites (N-methyl/N-ethyl adjacent to an activating group) is 1. The van der Waals surface area contributed by atoms with Gasteiger partial charge in [0.2, 0.25) is 15.9 Å². The Bertz CT molecular complexity index is 1340. The molecule has 1 heterocycles. The lowest BCUT2D eigenvalue weighted by Gasteiger charge is -2.20. The minimum absolute atomic E-state index is 0.0456. The number of fused-ring (bicyclic) bond motifs is 1. The number of nitrogen functional groups attached to an aromatic ring is 1. The predicted octanol–water partition coefficient (Wildman–Crippen LogP) is 3.43. The molecule has 0 aliphatic rings. The highest BCUT2D eigenvalue weighted by atomic mass is 32.2. The number of amides is 1. The Kier molecular flexibility index (Phi) is 10.2. The smallest absolute Gasteiger partial charge is 0.243 e. The highest BCUT2D eigenvalue weighted by Crippen LogP contribution is 2.27. The molecule has 3 N–H and O–H groups in total. The first-order valence-corrected chi connectivity index (χ1v) is 13.3. The van der Waals surface area contributed by atoms with Gasteiger partial charge in [-0.25, -0.2) is 13.4 Å². The largest absolute Gasteiger partial charge is 0.497 e. The Balaban J connectivity index is 0.000000269. The molecule has 0 fully saturated rings. The minimum atomic E-state index is -3.68. The van der Waals surface area contributed by atoms with Crippen molar-refractivity contribution < 1.29 is 22.7 Å². The number of nitrogens with two attached hydrogens (primary N) is 1. The molecule has 202 valence electrons. The number of ether oxygens (including phenoxy) is 1. The van der Waals surface area contributed by atoms with Crippen molar-refractivity contribution in [2.45, 2.75) is 52.0 Å². The topological polar surface area (TPSA) is 139 Å². The molecule has 0 spiro atoms. The van der Waals surface area contributed by atoms with E-state index in [0.717, 1.165) is 20.9 Å². The van der Waals surface area contributed by atoms with Crippen LogP contribution in [-0.2, 0) is 26.2 Å². The molecule has 3 rings (SSSR count). The highest BCUT2D eigenvalue weighted by molar-refractivity contribution is 7.89. The number of Topliss-reactive ketones (excluding diaryl/α,β-unsaturated/α-hetero) is 1. The summed E-state index contributed by atoms with van der Waals surface area (Å²) in [4.78, 5) is 31.8. The van der Waals surface area contributed by atoms with E-state index in [1.54, 1.807) is 44.9 Å². The van der Waals surface area contributed by atoms with Crippen LogP contribution in [-0.4, -0.2) is 67.0 Å². The standard InChI is InChI=1S/C15H23NO4S.C11H14N4O/c1-6-7-13(17)10-16(4)21(18,19)15-11(2)8-14(20-5)9-12(15)3;1-7(16)15(2)6-8-3-4-9-10(5-8)14-11(12)13-9/h8-9H,6-7,10H2,1-5H3;3-5H,6H2,1-2H3,(H3,12,13,14). The molecule has 0 radical (unpaired) electrons. The normalized spacial score (nSPS) is 11.2. The number of imidazole rings is 1. The Morgan fingerprint density at radius 1 is 1.11 bits per heavy atom. The van der Waals surface area contributed by atoms with E-state index in [9.17, 15) is 18.0 Å². The lowest BCUT2D eigenvalue weighted by Crippen LogP contribution is -2.33. The number of nitrogens with one attached hydrogen (secondary N) is 1. The first kappa shape index (κ1) is 29.8. The quantitative estimate of drug-likeness (QED) is 0.431. The van der Waals surface area contributed by atoms with Gasteiger partial charge in [-0.2, -0.15) is 4.31 Å². The molecule has 1 aromatic heterocycles. The number of hydrogen-bond donors (Lipinski definition) is 2. The van der Waals surface area contributed by atoms with Crippen molar-refractivity contribution in [3.63, 3.8) is 0 Å². The van der Waals surface area contributed by atoms with E-state index in [-0.39, 0.29) is 23.1 Å². The predicted molar refractivity (Wildman–Crippen MR) is 145 cm³/mol. The Morgan fingerprint density at radius 2 is 1.73 bits per heavy atom. The minimum Gasteiger partial charge on any atom is -0.497 e. The number of methoxy groups -OCH3 is 1. The van der Waals surface area contributed by atoms with Crippen LogP contribution in [0.1, 0.15) is 43.4 Å². The van der Waals surface area contributed by atoms with Gasteiger partial charge in [-0.1, -0.05) is 13.0 Å². The van der Waals surface area contributed by atoms with Crippen molar-refractivity contribution in [2.75, 3.05) is 33.5 Å². The maximum atomic E-state index is 12.6. The lowest BCUT2D eigenvalue weighted by molar-refractivity contribution is -0.128. The second-order valence-electron chi connectivity index (χ2n) is 8.99. The number of H-pyrrole nitrogens is 1. The SMILES string of the molecule is CC(=O)N(C)Cc1ccc2nc(N)[nH]c2c1.CCCC(=O)CN(C)S(=O)(=O)c1c(C)cc(OC)cc1C. The molecule has 37 heavy (non-hydrogen) atoms. The molecule has 0 aliphatic carbocycles.